The third-order valence-electron chi connectivity index (χ3n) is 1.43. The van der Waals surface area contributed by atoms with Crippen LogP contribution in [0.1, 0.15) is 0 Å². The minimum atomic E-state index is 0.924. The van der Waals surface area contributed by atoms with E-state index in [-0.39, 0.29) is 0 Å². The van der Waals surface area contributed by atoms with Crippen LogP contribution in [0.25, 0.3) is 5.65 Å². The molecule has 2 aromatic rings. The molecule has 2 heterocycles. The lowest BCUT2D eigenvalue weighted by Crippen LogP contribution is -1.86. The maximum atomic E-state index is 4.07. The summed E-state index contributed by atoms with van der Waals surface area (Å²) in [6.07, 6.45) is 10.1. The van der Waals surface area contributed by atoms with Crippen molar-refractivity contribution in [2.45, 2.75) is 4.90 Å². The number of rotatable bonds is 1. The van der Waals surface area contributed by atoms with Gasteiger partial charge in [0, 0.05) is 12.4 Å². The molecule has 55 valence electrons. The minimum Gasteiger partial charge on any atom is -0.289 e. The third-order valence-corrected chi connectivity index (χ3v) is 2.16. The van der Waals surface area contributed by atoms with E-state index in [1.165, 1.54) is 0 Å². The highest BCUT2D eigenvalue weighted by Gasteiger charge is 1.99. The van der Waals surface area contributed by atoms with Gasteiger partial charge in [0.15, 0.2) is 5.65 Å². The van der Waals surface area contributed by atoms with Crippen molar-refractivity contribution in [1.82, 2.24) is 14.4 Å². The molecule has 11 heavy (non-hydrogen) atoms. The summed E-state index contributed by atoms with van der Waals surface area (Å²) in [6, 6.07) is 0. The monoisotopic (exact) mass is 164 g/mol. The summed E-state index contributed by atoms with van der Waals surface area (Å²) in [6.45, 7) is 0. The van der Waals surface area contributed by atoms with E-state index in [0.717, 1.165) is 10.5 Å². The highest BCUT2D eigenvalue weighted by molar-refractivity contribution is 7.98. The van der Waals surface area contributed by atoms with Gasteiger partial charge in [-0.3, -0.25) is 4.40 Å². The van der Waals surface area contributed by atoms with Gasteiger partial charge in [-0.25, -0.2) is 9.97 Å². The molecule has 0 spiro atoms. The minimum absolute atomic E-state index is 0.924. The van der Waals surface area contributed by atoms with Crippen molar-refractivity contribution >= 4 is 17.4 Å². The van der Waals surface area contributed by atoms with E-state index in [2.05, 4.69) is 16.2 Å². The Morgan fingerprint density at radius 3 is 3.36 bits per heavy atom. The summed E-state index contributed by atoms with van der Waals surface area (Å²) in [7, 11) is 0. The van der Waals surface area contributed by atoms with Gasteiger partial charge in [0.05, 0.1) is 4.90 Å². The summed E-state index contributed by atoms with van der Waals surface area (Å²) >= 11 is 1.64. The molecule has 4 heteroatoms. The zero-order valence-corrected chi connectivity index (χ0v) is 6.80. The first-order valence-corrected chi connectivity index (χ1v) is 4.37. The number of thioether (sulfide) groups is 1. The predicted octanol–water partition coefficient (Wildman–Crippen LogP) is 1.25. The van der Waals surface area contributed by atoms with Crippen LogP contribution < -0.4 is 0 Å². The molecule has 0 amide bonds. The van der Waals surface area contributed by atoms with E-state index in [9.17, 15) is 0 Å². The molecule has 0 aliphatic carbocycles. The first-order chi connectivity index (χ1) is 5.42. The van der Waals surface area contributed by atoms with Gasteiger partial charge in [-0.15, -0.1) is 11.8 Å². The van der Waals surface area contributed by atoms with Gasteiger partial charge in [0.25, 0.3) is 0 Å². The Hall–Kier alpha value is -1.03. The van der Waals surface area contributed by atoms with E-state index in [4.69, 9.17) is 0 Å². The second-order valence-electron chi connectivity index (χ2n) is 2.06. The Labute approximate surface area is 68.5 Å². The number of hydrogen-bond donors (Lipinski definition) is 0. The Bertz CT molecular complexity index is 368. The normalized spacial score (nSPS) is 10.6. The third kappa shape index (κ3) is 0.991. The maximum absolute atomic E-state index is 4.07. The first-order valence-electron chi connectivity index (χ1n) is 3.14. The van der Waals surface area contributed by atoms with E-state index in [0.29, 0.717) is 0 Å². The molecule has 0 atom stereocenters. The Morgan fingerprint density at radius 2 is 2.55 bits per heavy atom. The fourth-order valence-electron chi connectivity index (χ4n) is 0.916. The summed E-state index contributed by atoms with van der Waals surface area (Å²) in [5.41, 5.74) is 0.924. The van der Waals surface area contributed by atoms with E-state index < -0.39 is 0 Å². The van der Waals surface area contributed by atoms with Crippen molar-refractivity contribution < 1.29 is 0 Å². The van der Waals surface area contributed by atoms with Crippen molar-refractivity contribution in [3.8, 4) is 0 Å². The molecule has 0 N–H and O–H groups in total. The summed E-state index contributed by atoms with van der Waals surface area (Å²) in [4.78, 5) is 9.18. The molecule has 1 radical (unpaired) electrons. The molecule has 3 nitrogen and oxygen atoms in total. The van der Waals surface area contributed by atoms with E-state index >= 15 is 0 Å². The molecule has 0 saturated carbocycles. The smallest absolute Gasteiger partial charge is 0.154 e. The zero-order valence-electron chi connectivity index (χ0n) is 5.98. The van der Waals surface area contributed by atoms with Crippen LogP contribution in [0.15, 0.2) is 23.6 Å². The average Bonchev–Trinajstić information content (AvgIpc) is 2.50. The first kappa shape index (κ1) is 6.67. The summed E-state index contributed by atoms with van der Waals surface area (Å²) < 4.78 is 1.85. The Morgan fingerprint density at radius 1 is 1.64 bits per heavy atom. The topological polar surface area (TPSA) is 30.2 Å². The predicted molar refractivity (Wildman–Crippen MR) is 43.6 cm³/mol. The molecule has 0 aromatic carbocycles. The molecule has 2 rings (SSSR count). The summed E-state index contributed by atoms with van der Waals surface area (Å²) in [5, 5.41) is 0. The number of nitrogens with zero attached hydrogens (tertiary/aromatic N) is 3. The maximum Gasteiger partial charge on any atom is 0.154 e. The van der Waals surface area contributed by atoms with Crippen LogP contribution in [0.3, 0.4) is 0 Å². The Balaban J connectivity index is 2.79. The molecule has 0 saturated heterocycles. The number of aromatic nitrogens is 3. The standard InChI is InChI=1S/C7H6N3S/c1-11-6-4-8-5-10-3-2-9-7(6)10/h3-5H,1H3. The van der Waals surface area contributed by atoms with Crippen LogP contribution >= 0.6 is 11.8 Å². The lowest BCUT2D eigenvalue weighted by atomic mass is 10.6. The van der Waals surface area contributed by atoms with Crippen LogP contribution in [-0.2, 0) is 0 Å². The molecule has 2 aromatic heterocycles. The lowest BCUT2D eigenvalue weighted by molar-refractivity contribution is 1.04. The van der Waals surface area contributed by atoms with Gasteiger partial charge in [0.1, 0.15) is 12.5 Å². The molecular weight excluding hydrogens is 158 g/mol. The van der Waals surface area contributed by atoms with Gasteiger partial charge in [-0.05, 0) is 6.26 Å². The quantitative estimate of drug-likeness (QED) is 0.594. The van der Waals surface area contributed by atoms with Crippen molar-refractivity contribution in [2.24, 2.45) is 0 Å². The van der Waals surface area contributed by atoms with Gasteiger partial charge in [-0.2, -0.15) is 0 Å². The Kier molecular flexibility index (Phi) is 1.54. The average molecular weight is 164 g/mol. The number of fused-ring (bicyclic) bond motifs is 1. The second kappa shape index (κ2) is 2.54. The van der Waals surface area contributed by atoms with Crippen molar-refractivity contribution in [3.63, 3.8) is 0 Å². The van der Waals surface area contributed by atoms with E-state index in [1.54, 1.807) is 30.5 Å². The second-order valence-corrected chi connectivity index (χ2v) is 2.91. The lowest BCUT2D eigenvalue weighted by Gasteiger charge is -1.96. The van der Waals surface area contributed by atoms with E-state index in [1.807, 2.05) is 10.7 Å². The fourth-order valence-corrected chi connectivity index (χ4v) is 1.42. The SMILES string of the molecule is CSc1cncn2c[c]nc12. The highest BCUT2D eigenvalue weighted by Crippen LogP contribution is 2.17. The molecular formula is C7H6N3S. The zero-order chi connectivity index (χ0) is 7.68. The van der Waals surface area contributed by atoms with Gasteiger partial charge >= 0.3 is 0 Å². The summed E-state index contributed by atoms with van der Waals surface area (Å²) in [5.74, 6) is 0. The number of imidazole rings is 1. The molecule has 0 aliphatic rings. The van der Waals surface area contributed by atoms with Crippen molar-refractivity contribution in [2.75, 3.05) is 6.26 Å². The fraction of sp³-hybridized carbons (Fsp3) is 0.143. The van der Waals surface area contributed by atoms with Crippen LogP contribution in [0.2, 0.25) is 0 Å². The molecule has 0 fully saturated rings. The van der Waals surface area contributed by atoms with Crippen LogP contribution in [0, 0.1) is 6.20 Å². The van der Waals surface area contributed by atoms with Gasteiger partial charge < -0.3 is 0 Å². The van der Waals surface area contributed by atoms with Gasteiger partial charge in [-0.1, -0.05) is 0 Å². The molecule has 0 bridgehead atoms. The van der Waals surface area contributed by atoms with Crippen LogP contribution in [0.4, 0.5) is 0 Å². The highest BCUT2D eigenvalue weighted by atomic mass is 32.2. The molecule has 0 aliphatic heterocycles. The number of hydrogen-bond acceptors (Lipinski definition) is 3. The van der Waals surface area contributed by atoms with Crippen molar-refractivity contribution in [1.29, 1.82) is 0 Å². The van der Waals surface area contributed by atoms with Crippen molar-refractivity contribution in [3.05, 3.63) is 24.9 Å². The van der Waals surface area contributed by atoms with Gasteiger partial charge in [0.2, 0.25) is 0 Å². The van der Waals surface area contributed by atoms with Crippen LogP contribution in [0.5, 0.6) is 0 Å². The largest absolute Gasteiger partial charge is 0.289 e. The molecule has 0 unspecified atom stereocenters. The van der Waals surface area contributed by atoms with Crippen LogP contribution in [-0.4, -0.2) is 20.6 Å².